The minimum absolute atomic E-state index is 0.0642. The summed E-state index contributed by atoms with van der Waals surface area (Å²) >= 11 is 6.32. The Kier molecular flexibility index (Phi) is 4.60. The first-order valence-electron chi connectivity index (χ1n) is 8.93. The predicted molar refractivity (Wildman–Crippen MR) is 104 cm³/mol. The molecule has 26 heavy (non-hydrogen) atoms. The van der Waals surface area contributed by atoms with Crippen LogP contribution in [0.4, 0.5) is 0 Å². The Morgan fingerprint density at radius 1 is 1.27 bits per heavy atom. The minimum Gasteiger partial charge on any atom is -0.490 e. The third kappa shape index (κ3) is 3.17. The lowest BCUT2D eigenvalue weighted by Crippen LogP contribution is -2.34. The average molecular weight is 369 g/mol. The van der Waals surface area contributed by atoms with Crippen molar-refractivity contribution in [3.05, 3.63) is 64.8 Å². The van der Waals surface area contributed by atoms with Gasteiger partial charge in [0.15, 0.2) is 0 Å². The number of amides is 1. The Balaban J connectivity index is 1.52. The fourth-order valence-electron chi connectivity index (χ4n) is 3.50. The lowest BCUT2D eigenvalue weighted by Gasteiger charge is -2.20. The Morgan fingerprint density at radius 2 is 2.08 bits per heavy atom. The standard InChI is InChI=1S/C21H21ClN2O2/c1-14(7-8-15-5-3-2-4-6-15)23-21(25)18-13-16-17(22)9-10-19-20(16)24(18)11-12-26-19/h2-6,9-10,13-14H,7-8,11-12H2,1H3,(H,23,25). The molecule has 2 aromatic carbocycles. The number of hydrogen-bond acceptors (Lipinski definition) is 2. The van der Waals surface area contributed by atoms with E-state index in [1.54, 1.807) is 0 Å². The van der Waals surface area contributed by atoms with E-state index in [-0.39, 0.29) is 11.9 Å². The Morgan fingerprint density at radius 3 is 2.88 bits per heavy atom. The van der Waals surface area contributed by atoms with E-state index < -0.39 is 0 Å². The van der Waals surface area contributed by atoms with Crippen molar-refractivity contribution in [1.82, 2.24) is 9.88 Å². The molecule has 2 heterocycles. The number of rotatable bonds is 5. The van der Waals surface area contributed by atoms with Crippen LogP contribution in [0, 0.1) is 0 Å². The summed E-state index contributed by atoms with van der Waals surface area (Å²) in [6.07, 6.45) is 1.83. The smallest absolute Gasteiger partial charge is 0.268 e. The highest BCUT2D eigenvalue weighted by molar-refractivity contribution is 6.36. The van der Waals surface area contributed by atoms with Crippen LogP contribution in [0.3, 0.4) is 0 Å². The molecule has 5 heteroatoms. The molecular weight excluding hydrogens is 348 g/mol. The highest BCUT2D eigenvalue weighted by atomic mass is 35.5. The van der Waals surface area contributed by atoms with Gasteiger partial charge in [0, 0.05) is 11.4 Å². The summed E-state index contributed by atoms with van der Waals surface area (Å²) in [6, 6.07) is 16.0. The van der Waals surface area contributed by atoms with Crippen LogP contribution in [0.25, 0.3) is 10.9 Å². The molecule has 0 fully saturated rings. The van der Waals surface area contributed by atoms with Gasteiger partial charge in [-0.2, -0.15) is 0 Å². The Labute approximate surface area is 157 Å². The van der Waals surface area contributed by atoms with Crippen molar-refractivity contribution in [3.8, 4) is 5.75 Å². The molecule has 0 aliphatic carbocycles. The van der Waals surface area contributed by atoms with Crippen molar-refractivity contribution < 1.29 is 9.53 Å². The fourth-order valence-corrected chi connectivity index (χ4v) is 3.70. The van der Waals surface area contributed by atoms with E-state index in [4.69, 9.17) is 16.3 Å². The molecule has 1 aromatic heterocycles. The molecule has 1 unspecified atom stereocenters. The van der Waals surface area contributed by atoms with Crippen molar-refractivity contribution in [2.75, 3.05) is 6.61 Å². The maximum atomic E-state index is 12.8. The van der Waals surface area contributed by atoms with Crippen LogP contribution >= 0.6 is 11.6 Å². The number of aromatic nitrogens is 1. The second kappa shape index (κ2) is 7.04. The molecule has 4 rings (SSSR count). The lowest BCUT2D eigenvalue weighted by molar-refractivity contribution is 0.0928. The molecule has 1 aliphatic rings. The van der Waals surface area contributed by atoms with Crippen LogP contribution in [0.2, 0.25) is 5.02 Å². The van der Waals surface area contributed by atoms with Crippen molar-refractivity contribution >= 4 is 28.4 Å². The molecule has 0 radical (unpaired) electrons. The zero-order valence-electron chi connectivity index (χ0n) is 14.7. The number of hydrogen-bond donors (Lipinski definition) is 1. The van der Waals surface area contributed by atoms with Crippen LogP contribution in [-0.4, -0.2) is 23.1 Å². The normalized spacial score (nSPS) is 14.1. The van der Waals surface area contributed by atoms with Crippen molar-refractivity contribution in [2.24, 2.45) is 0 Å². The van der Waals surface area contributed by atoms with Gasteiger partial charge in [0.1, 0.15) is 18.1 Å². The van der Waals surface area contributed by atoms with Crippen molar-refractivity contribution in [3.63, 3.8) is 0 Å². The van der Waals surface area contributed by atoms with Crippen LogP contribution in [-0.2, 0) is 13.0 Å². The Bertz CT molecular complexity index is 950. The summed E-state index contributed by atoms with van der Waals surface area (Å²) in [6.45, 7) is 3.25. The monoisotopic (exact) mass is 368 g/mol. The summed E-state index contributed by atoms with van der Waals surface area (Å²) in [4.78, 5) is 12.8. The molecule has 1 atom stereocenters. The molecule has 0 saturated heterocycles. The molecule has 0 saturated carbocycles. The average Bonchev–Trinajstić information content (AvgIpc) is 3.06. The molecule has 3 aromatic rings. The molecule has 0 bridgehead atoms. The van der Waals surface area contributed by atoms with Gasteiger partial charge < -0.3 is 14.6 Å². The molecular formula is C21H21ClN2O2. The van der Waals surface area contributed by atoms with Gasteiger partial charge in [-0.15, -0.1) is 0 Å². The number of benzene rings is 2. The van der Waals surface area contributed by atoms with E-state index in [0.29, 0.717) is 23.9 Å². The quantitative estimate of drug-likeness (QED) is 0.723. The van der Waals surface area contributed by atoms with Gasteiger partial charge in [-0.1, -0.05) is 41.9 Å². The number of carbonyl (C=O) groups is 1. The van der Waals surface area contributed by atoms with Gasteiger partial charge in [-0.05, 0) is 43.5 Å². The second-order valence-corrected chi connectivity index (χ2v) is 7.14. The van der Waals surface area contributed by atoms with Gasteiger partial charge in [0.2, 0.25) is 0 Å². The van der Waals surface area contributed by atoms with Crippen molar-refractivity contribution in [2.45, 2.75) is 32.4 Å². The van der Waals surface area contributed by atoms with Gasteiger partial charge >= 0.3 is 0 Å². The lowest BCUT2D eigenvalue weighted by atomic mass is 10.1. The van der Waals surface area contributed by atoms with E-state index >= 15 is 0 Å². The SMILES string of the molecule is CC(CCc1ccccc1)NC(=O)c1cc2c(Cl)ccc3c2n1CCO3. The van der Waals surface area contributed by atoms with Crippen LogP contribution < -0.4 is 10.1 Å². The number of carbonyl (C=O) groups excluding carboxylic acids is 1. The molecule has 4 nitrogen and oxygen atoms in total. The highest BCUT2D eigenvalue weighted by Crippen LogP contribution is 2.36. The number of aryl methyl sites for hydroxylation is 1. The van der Waals surface area contributed by atoms with E-state index in [2.05, 4.69) is 17.4 Å². The molecule has 0 spiro atoms. The zero-order chi connectivity index (χ0) is 18.1. The maximum Gasteiger partial charge on any atom is 0.268 e. The summed E-state index contributed by atoms with van der Waals surface area (Å²) in [5, 5.41) is 4.63. The third-order valence-corrected chi connectivity index (χ3v) is 5.19. The number of nitrogens with zero attached hydrogens (tertiary/aromatic N) is 1. The first-order chi connectivity index (χ1) is 12.6. The molecule has 1 aliphatic heterocycles. The largest absolute Gasteiger partial charge is 0.490 e. The number of halogens is 1. The summed E-state index contributed by atoms with van der Waals surface area (Å²) < 4.78 is 7.71. The van der Waals surface area contributed by atoms with Gasteiger partial charge in [-0.25, -0.2) is 0 Å². The number of ether oxygens (including phenoxy) is 1. The van der Waals surface area contributed by atoms with E-state index in [9.17, 15) is 4.79 Å². The Hall–Kier alpha value is -2.46. The molecule has 1 N–H and O–H groups in total. The minimum atomic E-state index is -0.0642. The van der Waals surface area contributed by atoms with Gasteiger partial charge in [0.25, 0.3) is 5.91 Å². The zero-order valence-corrected chi connectivity index (χ0v) is 15.4. The predicted octanol–water partition coefficient (Wildman–Crippen LogP) is 4.44. The van der Waals surface area contributed by atoms with E-state index in [1.807, 2.05) is 47.9 Å². The first-order valence-corrected chi connectivity index (χ1v) is 9.30. The maximum absolute atomic E-state index is 12.8. The van der Waals surface area contributed by atoms with Crippen LogP contribution in [0.1, 0.15) is 29.4 Å². The fraction of sp³-hybridized carbons (Fsp3) is 0.286. The second-order valence-electron chi connectivity index (χ2n) is 6.74. The third-order valence-electron chi connectivity index (χ3n) is 4.86. The van der Waals surface area contributed by atoms with Gasteiger partial charge in [-0.3, -0.25) is 4.79 Å². The van der Waals surface area contributed by atoms with Crippen molar-refractivity contribution in [1.29, 1.82) is 0 Å². The van der Waals surface area contributed by atoms with Gasteiger partial charge in [0.05, 0.1) is 17.1 Å². The van der Waals surface area contributed by atoms with E-state index in [0.717, 1.165) is 29.5 Å². The van der Waals surface area contributed by atoms with Crippen LogP contribution in [0.15, 0.2) is 48.5 Å². The van der Waals surface area contributed by atoms with Crippen LogP contribution in [0.5, 0.6) is 5.75 Å². The first kappa shape index (κ1) is 17.0. The highest BCUT2D eigenvalue weighted by Gasteiger charge is 2.23. The molecule has 1 amide bonds. The number of nitrogens with one attached hydrogen (secondary N) is 1. The van der Waals surface area contributed by atoms with E-state index in [1.165, 1.54) is 5.56 Å². The topological polar surface area (TPSA) is 43.3 Å². The molecule has 134 valence electrons. The summed E-state index contributed by atoms with van der Waals surface area (Å²) in [5.41, 5.74) is 2.83. The summed E-state index contributed by atoms with van der Waals surface area (Å²) in [7, 11) is 0. The summed E-state index contributed by atoms with van der Waals surface area (Å²) in [5.74, 6) is 0.720.